The molecule has 6 rings (SSSR count). The zero-order valence-corrected chi connectivity index (χ0v) is 20.4. The smallest absolute Gasteiger partial charge is 0.149 e. The minimum atomic E-state index is 0.805. The third-order valence-electron chi connectivity index (χ3n) is 7.20. The summed E-state index contributed by atoms with van der Waals surface area (Å²) < 4.78 is 0.805. The third-order valence-corrected chi connectivity index (χ3v) is 7.20. The fraction of sp³-hybridized carbons (Fsp3) is 0.0857. The van der Waals surface area contributed by atoms with Crippen molar-refractivity contribution in [2.45, 2.75) is 19.6 Å². The van der Waals surface area contributed by atoms with Gasteiger partial charge in [-0.2, -0.15) is 0 Å². The highest BCUT2D eigenvalue weighted by Crippen LogP contribution is 2.43. The second-order valence-electron chi connectivity index (χ2n) is 9.74. The van der Waals surface area contributed by atoms with Crippen LogP contribution in [-0.4, -0.2) is 0 Å². The molecule has 6 aromatic rings. The van der Waals surface area contributed by atoms with Crippen LogP contribution in [0.5, 0.6) is 0 Å². The predicted octanol–water partition coefficient (Wildman–Crippen LogP) is 8.90. The van der Waals surface area contributed by atoms with Gasteiger partial charge in [0.05, 0.1) is 0 Å². The van der Waals surface area contributed by atoms with Crippen LogP contribution in [0.2, 0.25) is 0 Å². The van der Waals surface area contributed by atoms with E-state index in [1.165, 1.54) is 43.9 Å². The average Bonchev–Trinajstić information content (AvgIpc) is 2.93. The molecule has 0 heterocycles. The van der Waals surface area contributed by atoms with E-state index in [1.54, 1.807) is 0 Å². The highest BCUT2D eigenvalue weighted by atomic mass is 15.4. The fourth-order valence-electron chi connectivity index (χ4n) is 5.70. The van der Waals surface area contributed by atoms with E-state index < -0.39 is 0 Å². The Hall–Kier alpha value is -4.20. The standard InChI is InChI=1S/C35H30N/c1-4-14-28(15-5-1)25-36(26-29-16-6-2-7-17-29,27-30-18-8-3-9-19-30)35-33-22-12-10-20-31(33)24-32-21-11-13-23-34(32)35/h1-24H,25-27H2/q+1. The Labute approximate surface area is 213 Å². The van der Waals surface area contributed by atoms with Crippen LogP contribution in [0.25, 0.3) is 21.5 Å². The van der Waals surface area contributed by atoms with Gasteiger partial charge in [-0.3, -0.25) is 4.48 Å². The molecule has 174 valence electrons. The maximum atomic E-state index is 2.34. The first-order chi connectivity index (χ1) is 17.8. The van der Waals surface area contributed by atoms with Gasteiger partial charge >= 0.3 is 0 Å². The molecule has 0 spiro atoms. The van der Waals surface area contributed by atoms with Gasteiger partial charge in [-0.1, -0.05) is 127 Å². The van der Waals surface area contributed by atoms with Gasteiger partial charge in [-0.05, 0) is 29.0 Å². The van der Waals surface area contributed by atoms with Crippen LogP contribution in [0, 0.1) is 0 Å². The molecule has 1 nitrogen and oxygen atoms in total. The van der Waals surface area contributed by atoms with E-state index in [0.29, 0.717) is 0 Å². The molecule has 0 saturated carbocycles. The maximum absolute atomic E-state index is 2.34. The van der Waals surface area contributed by atoms with Crippen molar-refractivity contribution in [2.75, 3.05) is 0 Å². The van der Waals surface area contributed by atoms with Crippen LogP contribution in [-0.2, 0) is 19.6 Å². The molecule has 0 aliphatic carbocycles. The Morgan fingerprint density at radius 1 is 0.361 bits per heavy atom. The lowest BCUT2D eigenvalue weighted by Gasteiger charge is -2.40. The van der Waals surface area contributed by atoms with Crippen molar-refractivity contribution in [3.63, 3.8) is 0 Å². The van der Waals surface area contributed by atoms with Crippen molar-refractivity contribution in [1.82, 2.24) is 4.48 Å². The summed E-state index contributed by atoms with van der Waals surface area (Å²) in [5.41, 5.74) is 5.45. The Bertz CT molecular complexity index is 1430. The third kappa shape index (κ3) is 4.42. The first kappa shape index (κ1) is 22.3. The number of nitrogens with zero attached hydrogens (tertiary/aromatic N) is 1. The van der Waals surface area contributed by atoms with Crippen LogP contribution in [0.15, 0.2) is 146 Å². The summed E-state index contributed by atoms with van der Waals surface area (Å²) in [5, 5.41) is 5.25. The largest absolute Gasteiger partial charge is 0.279 e. The summed E-state index contributed by atoms with van der Waals surface area (Å²) in [6.07, 6.45) is 0. The Balaban J connectivity index is 1.69. The molecule has 0 amide bonds. The Kier molecular flexibility index (Phi) is 6.07. The molecular weight excluding hydrogens is 434 g/mol. The molecule has 0 unspecified atom stereocenters. The van der Waals surface area contributed by atoms with E-state index in [4.69, 9.17) is 0 Å². The number of rotatable bonds is 7. The molecule has 0 radical (unpaired) electrons. The van der Waals surface area contributed by atoms with E-state index in [0.717, 1.165) is 24.1 Å². The molecule has 0 aliphatic heterocycles. The number of benzene rings is 6. The summed E-state index contributed by atoms with van der Waals surface area (Å²) >= 11 is 0. The highest BCUT2D eigenvalue weighted by Gasteiger charge is 2.35. The van der Waals surface area contributed by atoms with Gasteiger partial charge in [0.25, 0.3) is 0 Å². The summed E-state index contributed by atoms with van der Waals surface area (Å²) in [4.78, 5) is 0. The number of hydrogen-bond donors (Lipinski definition) is 0. The Morgan fingerprint density at radius 2 is 0.694 bits per heavy atom. The first-order valence-electron chi connectivity index (χ1n) is 12.7. The summed E-state index contributed by atoms with van der Waals surface area (Å²) in [6.45, 7) is 2.72. The van der Waals surface area contributed by atoms with Crippen molar-refractivity contribution >= 4 is 27.2 Å². The molecule has 0 N–H and O–H groups in total. The molecule has 0 aromatic heterocycles. The van der Waals surface area contributed by atoms with Crippen molar-refractivity contribution in [3.05, 3.63) is 162 Å². The van der Waals surface area contributed by atoms with Crippen molar-refractivity contribution in [2.24, 2.45) is 0 Å². The lowest BCUT2D eigenvalue weighted by atomic mass is 9.96. The van der Waals surface area contributed by atoms with Gasteiger partial charge in [-0.25, -0.2) is 0 Å². The van der Waals surface area contributed by atoms with E-state index in [-0.39, 0.29) is 0 Å². The van der Waals surface area contributed by atoms with Crippen LogP contribution in [0.1, 0.15) is 16.7 Å². The second kappa shape index (κ2) is 9.81. The molecule has 0 saturated heterocycles. The SMILES string of the molecule is c1ccc(C[N+](Cc2ccccc2)(Cc2ccccc2)c2c3ccccc3cc3ccccc23)cc1. The van der Waals surface area contributed by atoms with E-state index in [1.807, 2.05) is 0 Å². The molecule has 0 atom stereocenters. The van der Waals surface area contributed by atoms with Gasteiger partial charge in [0.15, 0.2) is 0 Å². The Morgan fingerprint density at radius 3 is 1.08 bits per heavy atom. The molecule has 0 fully saturated rings. The molecule has 0 bridgehead atoms. The minimum Gasteiger partial charge on any atom is -0.279 e. The van der Waals surface area contributed by atoms with Crippen LogP contribution in [0.3, 0.4) is 0 Å². The lowest BCUT2D eigenvalue weighted by molar-refractivity contribution is 0.251. The monoisotopic (exact) mass is 464 g/mol. The van der Waals surface area contributed by atoms with Gasteiger partial charge < -0.3 is 0 Å². The second-order valence-corrected chi connectivity index (χ2v) is 9.74. The van der Waals surface area contributed by atoms with E-state index in [2.05, 4.69) is 146 Å². The van der Waals surface area contributed by atoms with Gasteiger partial charge in [0.2, 0.25) is 0 Å². The molecular formula is C35H30N+. The number of quaternary nitrogens is 1. The van der Waals surface area contributed by atoms with Gasteiger partial charge in [0.1, 0.15) is 25.3 Å². The van der Waals surface area contributed by atoms with Gasteiger partial charge in [-0.15, -0.1) is 0 Å². The van der Waals surface area contributed by atoms with Gasteiger partial charge in [0, 0.05) is 27.5 Å². The van der Waals surface area contributed by atoms with Crippen LogP contribution >= 0.6 is 0 Å². The highest BCUT2D eigenvalue weighted by molar-refractivity contribution is 6.10. The molecule has 0 aliphatic rings. The quantitative estimate of drug-likeness (QED) is 0.163. The summed E-state index contributed by atoms with van der Waals surface area (Å²) in [5.74, 6) is 0. The molecule has 1 heteroatoms. The number of hydrogen-bond acceptors (Lipinski definition) is 0. The van der Waals surface area contributed by atoms with Crippen molar-refractivity contribution in [3.8, 4) is 0 Å². The normalized spacial score (nSPS) is 11.7. The fourth-order valence-corrected chi connectivity index (χ4v) is 5.70. The minimum absolute atomic E-state index is 0.805. The zero-order chi connectivity index (χ0) is 24.2. The molecule has 6 aromatic carbocycles. The topological polar surface area (TPSA) is 0 Å². The van der Waals surface area contributed by atoms with Crippen molar-refractivity contribution < 1.29 is 0 Å². The van der Waals surface area contributed by atoms with Crippen LogP contribution in [0.4, 0.5) is 5.69 Å². The van der Waals surface area contributed by atoms with E-state index in [9.17, 15) is 0 Å². The van der Waals surface area contributed by atoms with Crippen molar-refractivity contribution in [1.29, 1.82) is 0 Å². The maximum Gasteiger partial charge on any atom is 0.149 e. The lowest BCUT2D eigenvalue weighted by Crippen LogP contribution is -2.47. The van der Waals surface area contributed by atoms with E-state index >= 15 is 0 Å². The average molecular weight is 465 g/mol. The summed E-state index contributed by atoms with van der Waals surface area (Å²) in [7, 11) is 0. The zero-order valence-electron chi connectivity index (χ0n) is 20.4. The summed E-state index contributed by atoms with van der Waals surface area (Å²) in [6, 6.07) is 53.1. The molecule has 36 heavy (non-hydrogen) atoms. The van der Waals surface area contributed by atoms with Crippen LogP contribution < -0.4 is 4.48 Å². The first-order valence-corrected chi connectivity index (χ1v) is 12.7. The number of fused-ring (bicyclic) bond motifs is 2. The predicted molar refractivity (Wildman–Crippen MR) is 154 cm³/mol.